The van der Waals surface area contributed by atoms with Gasteiger partial charge in [0.25, 0.3) is 5.82 Å². The van der Waals surface area contributed by atoms with E-state index < -0.39 is 31.1 Å². The minimum absolute atomic E-state index is 0.189. The van der Waals surface area contributed by atoms with E-state index in [0.717, 1.165) is 23.6 Å². The fourth-order valence-electron chi connectivity index (χ4n) is 2.55. The summed E-state index contributed by atoms with van der Waals surface area (Å²) in [7, 11) is -11.4. The fourth-order valence-corrected chi connectivity index (χ4v) is 4.26. The Bertz CT molecular complexity index is 918. The average molecular weight is 549 g/mol. The van der Waals surface area contributed by atoms with Crippen LogP contribution in [0.4, 0.5) is 26.3 Å². The lowest BCUT2D eigenvalue weighted by Crippen LogP contribution is -2.40. The summed E-state index contributed by atoms with van der Waals surface area (Å²) in [5.74, 6) is 1.88. The number of imidazole rings is 1. The number of aromatic nitrogens is 2. The van der Waals surface area contributed by atoms with E-state index in [-0.39, 0.29) is 12.6 Å². The van der Waals surface area contributed by atoms with Crippen LogP contribution in [0.5, 0.6) is 0 Å². The maximum atomic E-state index is 11.4. The Morgan fingerprint density at radius 1 is 1.09 bits per heavy atom. The molecule has 9 nitrogen and oxygen atoms in total. The first-order valence-corrected chi connectivity index (χ1v) is 12.9. The number of unbranched alkanes of at least 4 members (excludes halogenated alkanes) is 1. The summed E-state index contributed by atoms with van der Waals surface area (Å²) in [4.78, 5) is 0. The number of hydrogen-bond acceptors (Lipinski definition) is 6. The predicted molar refractivity (Wildman–Crippen MR) is 111 cm³/mol. The molecule has 0 aliphatic carbocycles. The molecule has 1 aromatic heterocycles. The Kier molecular flexibility index (Phi) is 12.5. The monoisotopic (exact) mass is 548 g/mol. The molecule has 1 heterocycles. The van der Waals surface area contributed by atoms with Gasteiger partial charge in [-0.25, -0.2) is 26.0 Å². The number of aliphatic hydroxyl groups excluding tert-OH is 1. The zero-order chi connectivity index (χ0) is 27.0. The number of alkyl halides is 6. The zero-order valence-electron chi connectivity index (χ0n) is 19.1. The normalized spacial score (nSPS) is 14.1. The van der Waals surface area contributed by atoms with Crippen molar-refractivity contribution in [2.45, 2.75) is 70.2 Å². The van der Waals surface area contributed by atoms with Gasteiger partial charge in [-0.1, -0.05) is 27.2 Å². The minimum Gasteiger partial charge on any atom is -0.421 e. The van der Waals surface area contributed by atoms with Gasteiger partial charge in [-0.05, 0) is 18.8 Å². The molecule has 0 amide bonds. The van der Waals surface area contributed by atoms with E-state index in [0.29, 0.717) is 5.92 Å². The van der Waals surface area contributed by atoms with Gasteiger partial charge in [-0.15, -0.1) is 0 Å². The summed E-state index contributed by atoms with van der Waals surface area (Å²) in [6, 6.07) is 0.189. The molecule has 1 rings (SSSR count). The second-order valence-electron chi connectivity index (χ2n) is 7.68. The first-order chi connectivity index (χ1) is 15.3. The quantitative estimate of drug-likeness (QED) is 0.324. The second-order valence-corrected chi connectivity index (χ2v) is 11.1. The summed E-state index contributed by atoms with van der Waals surface area (Å²) in [5.41, 5.74) is -12.4. The van der Waals surface area contributed by atoms with E-state index in [1.54, 1.807) is 0 Å². The van der Waals surface area contributed by atoms with Crippen LogP contribution < -0.4 is 9.88 Å². The van der Waals surface area contributed by atoms with Crippen LogP contribution in [0.1, 0.15) is 45.9 Å². The van der Waals surface area contributed by atoms with Crippen molar-refractivity contribution < 1.29 is 52.9 Å². The van der Waals surface area contributed by atoms with Crippen molar-refractivity contribution in [1.29, 1.82) is 0 Å². The first-order valence-electron chi connectivity index (χ1n) is 10.0. The van der Waals surface area contributed by atoms with Gasteiger partial charge in [0.1, 0.15) is 12.4 Å². The SMILES string of the molecule is CCCCn1cc[n+](C)c1CN[C@H](CO)CC(C)C.O=S(=O)([N-]S(=O)(=O)C(F)(F)F)C(F)(F)F. The molecule has 0 bridgehead atoms. The van der Waals surface area contributed by atoms with Gasteiger partial charge in [0, 0.05) is 6.04 Å². The third kappa shape index (κ3) is 10.5. The Hall–Kier alpha value is -1.43. The molecule has 0 aliphatic heterocycles. The number of aryl methyl sites for hydroxylation is 2. The molecule has 0 fully saturated rings. The van der Waals surface area contributed by atoms with Gasteiger partial charge in [-0.2, -0.15) is 26.3 Å². The number of aliphatic hydroxyl groups is 1. The van der Waals surface area contributed by atoms with E-state index >= 15 is 0 Å². The summed E-state index contributed by atoms with van der Waals surface area (Å²) < 4.78 is 114. The standard InChI is InChI=1S/C15H30N3O.C2F6NO4S2/c1-5-6-7-18-9-8-17(4)15(18)11-16-14(12-19)10-13(2)3;3-1(4,5)14(10,11)9-15(12,13)2(6,7)8/h8-9,13-14,16,19H,5-7,10-12H2,1-4H3;/q+1;-1/t14-;/m0./s1. The lowest BCUT2D eigenvalue weighted by atomic mass is 10.0. The van der Waals surface area contributed by atoms with Crippen molar-refractivity contribution in [3.05, 3.63) is 22.3 Å². The van der Waals surface area contributed by atoms with Crippen LogP contribution in [0.2, 0.25) is 0 Å². The summed E-state index contributed by atoms with van der Waals surface area (Å²) >= 11 is 0. The fraction of sp³-hybridized carbons (Fsp3) is 0.824. The number of nitrogens with one attached hydrogen (secondary N) is 1. The minimum atomic E-state index is -6.72. The molecule has 2 N–H and O–H groups in total. The molecule has 0 saturated heterocycles. The summed E-state index contributed by atoms with van der Waals surface area (Å²) in [6.07, 6.45) is 7.67. The predicted octanol–water partition coefficient (Wildman–Crippen LogP) is 2.67. The molecule has 34 heavy (non-hydrogen) atoms. The Morgan fingerprint density at radius 3 is 1.97 bits per heavy atom. The van der Waals surface area contributed by atoms with Crippen LogP contribution in [0.3, 0.4) is 0 Å². The topological polar surface area (TPSA) is 123 Å². The highest BCUT2D eigenvalue weighted by Gasteiger charge is 2.46. The maximum Gasteiger partial charge on any atom is 0.480 e. The maximum absolute atomic E-state index is 11.4. The lowest BCUT2D eigenvalue weighted by molar-refractivity contribution is -0.679. The highest BCUT2D eigenvalue weighted by molar-refractivity contribution is 8.13. The van der Waals surface area contributed by atoms with E-state index in [9.17, 15) is 48.3 Å². The smallest absolute Gasteiger partial charge is 0.421 e. The Balaban J connectivity index is 0.000000661. The average Bonchev–Trinajstić information content (AvgIpc) is 3.00. The van der Waals surface area contributed by atoms with Gasteiger partial charge in [0.05, 0.1) is 26.7 Å². The number of sulfonamides is 2. The van der Waals surface area contributed by atoms with Gasteiger partial charge < -0.3 is 14.6 Å². The van der Waals surface area contributed by atoms with Crippen molar-refractivity contribution in [3.8, 4) is 0 Å². The van der Waals surface area contributed by atoms with E-state index in [2.05, 4.69) is 54.7 Å². The van der Waals surface area contributed by atoms with Gasteiger partial charge in [0.2, 0.25) is 0 Å². The molecule has 0 radical (unpaired) electrons. The number of nitrogens with zero attached hydrogens (tertiary/aromatic N) is 3. The molecular formula is C17H30F6N4O5S2. The molecule has 0 spiro atoms. The lowest BCUT2D eigenvalue weighted by Gasteiger charge is -2.22. The van der Waals surface area contributed by atoms with Crippen molar-refractivity contribution in [1.82, 2.24) is 9.88 Å². The third-order valence-electron chi connectivity index (χ3n) is 4.27. The van der Waals surface area contributed by atoms with E-state index in [4.69, 9.17) is 0 Å². The second kappa shape index (κ2) is 13.0. The zero-order valence-corrected chi connectivity index (χ0v) is 20.7. The van der Waals surface area contributed by atoms with Crippen molar-refractivity contribution in [3.63, 3.8) is 0 Å². The molecule has 0 aromatic carbocycles. The Morgan fingerprint density at radius 2 is 1.59 bits per heavy atom. The van der Waals surface area contributed by atoms with Crippen LogP contribution >= 0.6 is 0 Å². The first kappa shape index (κ1) is 32.6. The molecule has 0 unspecified atom stereocenters. The van der Waals surface area contributed by atoms with Gasteiger partial charge in [-0.3, -0.25) is 0 Å². The number of halogens is 6. The van der Waals surface area contributed by atoms with Gasteiger partial charge in [0.15, 0.2) is 20.0 Å². The van der Waals surface area contributed by atoms with Gasteiger partial charge >= 0.3 is 11.0 Å². The van der Waals surface area contributed by atoms with E-state index in [1.807, 2.05) is 0 Å². The van der Waals surface area contributed by atoms with E-state index in [1.165, 1.54) is 18.7 Å². The molecule has 0 saturated carbocycles. The summed E-state index contributed by atoms with van der Waals surface area (Å²) in [5, 5.41) is 12.9. The van der Waals surface area contributed by atoms with Crippen LogP contribution in [0, 0.1) is 5.92 Å². The van der Waals surface area contributed by atoms with Crippen molar-refractivity contribution in [2.75, 3.05) is 6.61 Å². The Labute approximate surface area is 195 Å². The molecule has 0 aliphatic rings. The van der Waals surface area contributed by atoms with Crippen molar-refractivity contribution >= 4 is 20.0 Å². The highest BCUT2D eigenvalue weighted by atomic mass is 32.3. The van der Waals surface area contributed by atoms with Crippen LogP contribution in [-0.2, 0) is 40.2 Å². The molecule has 17 heteroatoms. The number of rotatable bonds is 11. The summed E-state index contributed by atoms with van der Waals surface area (Å²) in [6.45, 7) is 8.68. The molecule has 1 aromatic rings. The van der Waals surface area contributed by atoms with Crippen LogP contribution in [0.15, 0.2) is 12.4 Å². The molecular weight excluding hydrogens is 518 g/mol. The number of hydrogen-bond donors (Lipinski definition) is 2. The van der Waals surface area contributed by atoms with Crippen LogP contribution in [-0.4, -0.2) is 50.2 Å². The highest BCUT2D eigenvalue weighted by Crippen LogP contribution is 2.36. The largest absolute Gasteiger partial charge is 0.480 e. The third-order valence-corrected chi connectivity index (χ3v) is 7.01. The molecule has 1 atom stereocenters. The molecule has 202 valence electrons. The van der Waals surface area contributed by atoms with Crippen LogP contribution in [0.25, 0.3) is 4.13 Å². The van der Waals surface area contributed by atoms with Crippen molar-refractivity contribution in [2.24, 2.45) is 13.0 Å².